The van der Waals surface area contributed by atoms with Gasteiger partial charge >= 0.3 is 5.97 Å². The van der Waals surface area contributed by atoms with Crippen LogP contribution in [0.5, 0.6) is 0 Å². The van der Waals surface area contributed by atoms with Crippen molar-refractivity contribution in [2.24, 2.45) is 5.11 Å². The van der Waals surface area contributed by atoms with Crippen molar-refractivity contribution in [3.8, 4) is 0 Å². The van der Waals surface area contributed by atoms with Gasteiger partial charge in [-0.15, -0.1) is 11.3 Å². The number of ether oxygens (including phenoxy) is 1. The van der Waals surface area contributed by atoms with Crippen LogP contribution in [0.25, 0.3) is 10.4 Å². The summed E-state index contributed by atoms with van der Waals surface area (Å²) >= 11 is 0.942. The van der Waals surface area contributed by atoms with Gasteiger partial charge in [0.05, 0.1) is 19.4 Å². The summed E-state index contributed by atoms with van der Waals surface area (Å²) in [4.78, 5) is 17.8. The lowest BCUT2D eigenvalue weighted by molar-refractivity contribution is 0.0149. The fourth-order valence-electron chi connectivity index (χ4n) is 1.18. The van der Waals surface area contributed by atoms with Gasteiger partial charge < -0.3 is 14.9 Å². The molecule has 2 N–H and O–H groups in total. The Kier molecular flexibility index (Phi) is 5.53. The van der Waals surface area contributed by atoms with E-state index in [4.69, 9.17) is 5.53 Å². The molecule has 1 rings (SSSR count). The smallest absolute Gasteiger partial charge is 0.349 e. The number of nitrogens with zero attached hydrogens (tertiary/aromatic N) is 4. The molecule has 98 valence electrons. The second-order valence-electron chi connectivity index (χ2n) is 3.31. The lowest BCUT2D eigenvalue weighted by Crippen LogP contribution is -2.18. The van der Waals surface area contributed by atoms with Crippen LogP contribution >= 0.6 is 11.3 Å². The molecule has 9 heteroatoms. The molecule has 0 amide bonds. The third-order valence-corrected chi connectivity index (χ3v) is 3.16. The number of hydrogen-bond acceptors (Lipinski definition) is 7. The summed E-state index contributed by atoms with van der Waals surface area (Å²) in [5, 5.41) is 22.9. The quantitative estimate of drug-likeness (QED) is 0.346. The highest BCUT2D eigenvalue weighted by atomic mass is 32.1. The number of aromatic nitrogens is 1. The third-order valence-electron chi connectivity index (χ3n) is 2.12. The first-order valence-corrected chi connectivity index (χ1v) is 5.82. The number of carbonyl (C=O) groups excluding carboxylic acids is 1. The van der Waals surface area contributed by atoms with Crippen molar-refractivity contribution in [3.05, 3.63) is 26.5 Å². The lowest BCUT2D eigenvalue weighted by atomic mass is 10.1. The minimum Gasteiger partial charge on any atom is -0.465 e. The second kappa shape index (κ2) is 6.92. The average Bonchev–Trinajstić information content (AvgIpc) is 2.86. The molecule has 1 heterocycles. The zero-order chi connectivity index (χ0) is 13.5. The van der Waals surface area contributed by atoms with Crippen molar-refractivity contribution < 1.29 is 19.7 Å². The number of rotatable bonds is 6. The SMILES string of the molecule is COC(=O)c1cnc(C(O)C(O)CCN=[N+]=[N-])s1. The van der Waals surface area contributed by atoms with Gasteiger partial charge in [0.1, 0.15) is 16.0 Å². The monoisotopic (exact) mass is 272 g/mol. The maximum atomic E-state index is 11.2. The van der Waals surface area contributed by atoms with Crippen LogP contribution in [-0.2, 0) is 4.74 Å². The molecule has 0 saturated heterocycles. The Hall–Kier alpha value is -1.67. The van der Waals surface area contributed by atoms with Gasteiger partial charge in [0.15, 0.2) is 0 Å². The summed E-state index contributed by atoms with van der Waals surface area (Å²) in [6.07, 6.45) is -0.942. The molecule has 8 nitrogen and oxygen atoms in total. The van der Waals surface area contributed by atoms with Gasteiger partial charge in [0.25, 0.3) is 0 Å². The molecule has 0 aliphatic carbocycles. The van der Waals surface area contributed by atoms with Crippen molar-refractivity contribution in [2.75, 3.05) is 13.7 Å². The van der Waals surface area contributed by atoms with Crippen molar-refractivity contribution in [1.82, 2.24) is 4.98 Å². The largest absolute Gasteiger partial charge is 0.465 e. The van der Waals surface area contributed by atoms with E-state index in [1.54, 1.807) is 0 Å². The zero-order valence-electron chi connectivity index (χ0n) is 9.55. The van der Waals surface area contributed by atoms with Crippen LogP contribution in [0, 0.1) is 0 Å². The van der Waals surface area contributed by atoms with E-state index in [9.17, 15) is 15.0 Å². The Morgan fingerprint density at radius 2 is 2.44 bits per heavy atom. The number of thiazole rings is 1. The molecule has 0 saturated carbocycles. The second-order valence-corrected chi connectivity index (χ2v) is 4.37. The van der Waals surface area contributed by atoms with Gasteiger partial charge in [-0.3, -0.25) is 0 Å². The van der Waals surface area contributed by atoms with Crippen molar-refractivity contribution in [2.45, 2.75) is 18.6 Å². The first kappa shape index (κ1) is 14.4. The highest BCUT2D eigenvalue weighted by Crippen LogP contribution is 2.24. The minimum atomic E-state index is -1.22. The predicted molar refractivity (Wildman–Crippen MR) is 63.1 cm³/mol. The molecule has 0 aliphatic heterocycles. The Morgan fingerprint density at radius 3 is 3.06 bits per heavy atom. The van der Waals surface area contributed by atoms with Crippen molar-refractivity contribution >= 4 is 17.3 Å². The molecule has 2 atom stereocenters. The Morgan fingerprint density at radius 1 is 1.72 bits per heavy atom. The fraction of sp³-hybridized carbons (Fsp3) is 0.556. The van der Waals surface area contributed by atoms with E-state index in [0.29, 0.717) is 0 Å². The average molecular weight is 272 g/mol. The lowest BCUT2D eigenvalue weighted by Gasteiger charge is -2.13. The minimum absolute atomic E-state index is 0.0734. The highest BCUT2D eigenvalue weighted by Gasteiger charge is 2.22. The molecule has 0 spiro atoms. The summed E-state index contributed by atoms with van der Waals surface area (Å²) < 4.78 is 4.50. The van der Waals surface area contributed by atoms with Gasteiger partial charge in [-0.25, -0.2) is 9.78 Å². The van der Waals surface area contributed by atoms with Crippen LogP contribution in [0.1, 0.15) is 27.2 Å². The van der Waals surface area contributed by atoms with Gasteiger partial charge in [-0.1, -0.05) is 5.11 Å². The van der Waals surface area contributed by atoms with Gasteiger partial charge in [0.2, 0.25) is 0 Å². The fourth-order valence-corrected chi connectivity index (χ4v) is 2.06. The third kappa shape index (κ3) is 3.67. The molecule has 18 heavy (non-hydrogen) atoms. The van der Waals surface area contributed by atoms with E-state index in [-0.39, 0.29) is 22.9 Å². The highest BCUT2D eigenvalue weighted by molar-refractivity contribution is 7.13. The van der Waals surface area contributed by atoms with Gasteiger partial charge in [-0.2, -0.15) is 0 Å². The van der Waals surface area contributed by atoms with Crippen LogP contribution in [0.2, 0.25) is 0 Å². The Labute approximate surface area is 106 Å². The van der Waals surface area contributed by atoms with Gasteiger partial charge in [-0.05, 0) is 12.0 Å². The first-order chi connectivity index (χ1) is 8.60. The number of aliphatic hydroxyl groups excluding tert-OH is 2. The Balaban J connectivity index is 2.65. The molecule has 2 unspecified atom stereocenters. The van der Waals surface area contributed by atoms with E-state index >= 15 is 0 Å². The van der Waals surface area contributed by atoms with Crippen molar-refractivity contribution in [3.63, 3.8) is 0 Å². The first-order valence-electron chi connectivity index (χ1n) is 5.01. The Bertz CT molecular complexity index is 457. The predicted octanol–water partition coefficient (Wildman–Crippen LogP) is 1.02. The van der Waals surface area contributed by atoms with Gasteiger partial charge in [0, 0.05) is 11.5 Å². The maximum absolute atomic E-state index is 11.2. The molecular weight excluding hydrogens is 260 g/mol. The van der Waals surface area contributed by atoms with E-state index in [1.807, 2.05) is 0 Å². The summed E-state index contributed by atoms with van der Waals surface area (Å²) in [6.45, 7) is 0.0734. The van der Waals surface area contributed by atoms with Crippen LogP contribution in [0.4, 0.5) is 0 Å². The zero-order valence-corrected chi connectivity index (χ0v) is 10.4. The van der Waals surface area contributed by atoms with Crippen molar-refractivity contribution in [1.29, 1.82) is 0 Å². The van der Waals surface area contributed by atoms with Crippen LogP contribution in [0.3, 0.4) is 0 Å². The molecular formula is C9H12N4O4S. The number of azide groups is 1. The van der Waals surface area contributed by atoms with E-state index < -0.39 is 18.2 Å². The molecule has 1 aromatic heterocycles. The van der Waals surface area contributed by atoms with E-state index in [0.717, 1.165) is 11.3 Å². The molecule has 0 bridgehead atoms. The summed E-state index contributed by atoms with van der Waals surface area (Å²) in [5.74, 6) is -0.547. The molecule has 0 aliphatic rings. The number of hydrogen-bond donors (Lipinski definition) is 2. The summed E-state index contributed by atoms with van der Waals surface area (Å²) in [5.41, 5.74) is 8.08. The number of aliphatic hydroxyl groups is 2. The van der Waals surface area contributed by atoms with Crippen LogP contribution < -0.4 is 0 Å². The molecule has 0 radical (unpaired) electrons. The van der Waals surface area contributed by atoms with Crippen LogP contribution in [0.15, 0.2) is 11.3 Å². The van der Waals surface area contributed by atoms with E-state index in [1.165, 1.54) is 13.3 Å². The van der Waals surface area contributed by atoms with E-state index in [2.05, 4.69) is 19.7 Å². The number of esters is 1. The van der Waals surface area contributed by atoms with Crippen LogP contribution in [-0.4, -0.2) is 40.9 Å². The number of carbonyl (C=O) groups is 1. The standard InChI is InChI=1S/C9H12N4O4S/c1-17-9(16)6-4-11-8(18-6)7(15)5(14)2-3-12-13-10/h4-5,7,14-15H,2-3H2,1H3. The maximum Gasteiger partial charge on any atom is 0.349 e. The number of methoxy groups -OCH3 is 1. The normalized spacial score (nSPS) is 13.5. The summed E-state index contributed by atoms with van der Waals surface area (Å²) in [6, 6.07) is 0. The molecule has 0 fully saturated rings. The molecule has 1 aromatic rings. The summed E-state index contributed by atoms with van der Waals surface area (Å²) in [7, 11) is 1.24. The molecule has 0 aromatic carbocycles. The topological polar surface area (TPSA) is 128 Å².